The molecule has 4 heteroatoms. The molecular formula is C16H23NO3. The Hall–Kier alpha value is -1.06. The van der Waals surface area contributed by atoms with Gasteiger partial charge in [-0.1, -0.05) is 0 Å². The lowest BCUT2D eigenvalue weighted by molar-refractivity contribution is -0.163. The quantitative estimate of drug-likeness (QED) is 0.842. The zero-order valence-electron chi connectivity index (χ0n) is 11.9. The normalized spacial score (nSPS) is 45.9. The topological polar surface area (TPSA) is 57.6 Å². The van der Waals surface area contributed by atoms with Crippen molar-refractivity contribution in [3.05, 3.63) is 0 Å². The molecule has 20 heavy (non-hydrogen) atoms. The van der Waals surface area contributed by atoms with Gasteiger partial charge in [-0.25, -0.2) is 4.79 Å². The summed E-state index contributed by atoms with van der Waals surface area (Å²) in [4.78, 5) is 26.1. The Morgan fingerprint density at radius 1 is 1.00 bits per heavy atom. The van der Waals surface area contributed by atoms with Gasteiger partial charge < -0.3 is 10.0 Å². The van der Waals surface area contributed by atoms with Crippen LogP contribution in [-0.2, 0) is 9.59 Å². The van der Waals surface area contributed by atoms with Crippen LogP contribution in [0, 0.1) is 23.2 Å². The number of carboxylic acid groups (broad SMARTS) is 1. The molecule has 0 radical (unpaired) electrons. The maximum atomic E-state index is 13.1. The van der Waals surface area contributed by atoms with Crippen LogP contribution >= 0.6 is 0 Å². The van der Waals surface area contributed by atoms with Crippen molar-refractivity contribution >= 4 is 11.9 Å². The van der Waals surface area contributed by atoms with Crippen LogP contribution in [0.25, 0.3) is 0 Å². The van der Waals surface area contributed by atoms with Gasteiger partial charge in [0.15, 0.2) is 0 Å². The van der Waals surface area contributed by atoms with Crippen LogP contribution in [0.1, 0.15) is 51.4 Å². The fraction of sp³-hybridized carbons (Fsp3) is 0.875. The molecule has 5 aliphatic rings. The van der Waals surface area contributed by atoms with E-state index in [1.54, 1.807) is 4.90 Å². The van der Waals surface area contributed by atoms with E-state index >= 15 is 0 Å². The van der Waals surface area contributed by atoms with Gasteiger partial charge in [-0.15, -0.1) is 0 Å². The highest BCUT2D eigenvalue weighted by atomic mass is 16.4. The summed E-state index contributed by atoms with van der Waals surface area (Å²) < 4.78 is 0. The van der Waals surface area contributed by atoms with Crippen LogP contribution in [0.15, 0.2) is 0 Å². The molecule has 0 spiro atoms. The van der Waals surface area contributed by atoms with Crippen LogP contribution < -0.4 is 0 Å². The predicted octanol–water partition coefficient (Wildman–Crippen LogP) is 2.28. The molecule has 0 aromatic carbocycles. The standard InChI is InChI=1S/C16H23NO3/c18-14(19)13-2-1-3-17(13)15(20)16-7-10-4-11(8-16)6-12(5-10)9-16/h10-13H,1-9H2,(H,18,19)/t10?,11?,12?,13-,16?/m0/s1. The second-order valence-corrected chi connectivity index (χ2v) is 7.69. The van der Waals surface area contributed by atoms with Crippen molar-refractivity contribution in [1.29, 1.82) is 0 Å². The summed E-state index contributed by atoms with van der Waals surface area (Å²) in [5, 5.41) is 9.32. The Labute approximate surface area is 119 Å². The second kappa shape index (κ2) is 4.22. The smallest absolute Gasteiger partial charge is 0.326 e. The van der Waals surface area contributed by atoms with Crippen molar-refractivity contribution in [2.24, 2.45) is 23.2 Å². The molecule has 1 aliphatic heterocycles. The minimum Gasteiger partial charge on any atom is -0.480 e. The van der Waals surface area contributed by atoms with Gasteiger partial charge >= 0.3 is 5.97 Å². The molecule has 5 rings (SSSR count). The predicted molar refractivity (Wildman–Crippen MR) is 73.0 cm³/mol. The molecular weight excluding hydrogens is 254 g/mol. The number of carboxylic acids is 1. The SMILES string of the molecule is O=C(O)[C@@H]1CCCN1C(=O)C12CC3CC(CC(C3)C1)C2. The third kappa shape index (κ3) is 1.73. The van der Waals surface area contributed by atoms with Crippen molar-refractivity contribution in [2.75, 3.05) is 6.54 Å². The van der Waals surface area contributed by atoms with Crippen LogP contribution in [0.4, 0.5) is 0 Å². The maximum Gasteiger partial charge on any atom is 0.326 e. The number of carbonyl (C=O) groups is 2. The molecule has 5 fully saturated rings. The van der Waals surface area contributed by atoms with E-state index in [-0.39, 0.29) is 11.3 Å². The number of carbonyl (C=O) groups excluding carboxylic acids is 1. The molecule has 1 atom stereocenters. The first-order valence-corrected chi connectivity index (χ1v) is 8.11. The monoisotopic (exact) mass is 277 g/mol. The van der Waals surface area contributed by atoms with E-state index < -0.39 is 12.0 Å². The summed E-state index contributed by atoms with van der Waals surface area (Å²) >= 11 is 0. The zero-order chi connectivity index (χ0) is 13.9. The van der Waals surface area contributed by atoms with Gasteiger partial charge in [-0.3, -0.25) is 4.79 Å². The van der Waals surface area contributed by atoms with Gasteiger partial charge in [0.05, 0.1) is 5.41 Å². The molecule has 0 aromatic heterocycles. The van der Waals surface area contributed by atoms with E-state index in [0.29, 0.717) is 13.0 Å². The third-order valence-corrected chi connectivity index (χ3v) is 6.29. The van der Waals surface area contributed by atoms with Crippen LogP contribution in [0.5, 0.6) is 0 Å². The average Bonchev–Trinajstić information content (AvgIpc) is 2.85. The summed E-state index contributed by atoms with van der Waals surface area (Å²) in [5.41, 5.74) is -0.188. The van der Waals surface area contributed by atoms with Crippen molar-refractivity contribution in [3.8, 4) is 0 Å². The Bertz CT molecular complexity index is 423. The molecule has 4 bridgehead atoms. The van der Waals surface area contributed by atoms with Crippen molar-refractivity contribution in [2.45, 2.75) is 57.4 Å². The Balaban J connectivity index is 1.60. The van der Waals surface area contributed by atoms with Crippen LogP contribution in [0.2, 0.25) is 0 Å². The maximum absolute atomic E-state index is 13.1. The lowest BCUT2D eigenvalue weighted by Gasteiger charge is -2.56. The Morgan fingerprint density at radius 3 is 2.05 bits per heavy atom. The fourth-order valence-electron chi connectivity index (χ4n) is 5.94. The number of rotatable bonds is 2. The van der Waals surface area contributed by atoms with E-state index in [2.05, 4.69) is 0 Å². The van der Waals surface area contributed by atoms with Crippen molar-refractivity contribution < 1.29 is 14.7 Å². The highest BCUT2D eigenvalue weighted by molar-refractivity contribution is 5.88. The number of hydrogen-bond donors (Lipinski definition) is 1. The first-order valence-electron chi connectivity index (χ1n) is 8.11. The number of hydrogen-bond acceptors (Lipinski definition) is 2. The molecule has 1 heterocycles. The van der Waals surface area contributed by atoms with Gasteiger partial charge in [0.2, 0.25) is 5.91 Å². The van der Waals surface area contributed by atoms with E-state index in [1.807, 2.05) is 0 Å². The molecule has 4 aliphatic carbocycles. The minimum absolute atomic E-state index is 0.182. The van der Waals surface area contributed by atoms with Crippen LogP contribution in [-0.4, -0.2) is 34.5 Å². The van der Waals surface area contributed by atoms with Crippen molar-refractivity contribution in [3.63, 3.8) is 0 Å². The second-order valence-electron chi connectivity index (χ2n) is 7.69. The Kier molecular flexibility index (Phi) is 2.67. The summed E-state index contributed by atoms with van der Waals surface area (Å²) in [6, 6.07) is -0.560. The number of likely N-dealkylation sites (tertiary alicyclic amines) is 1. The van der Waals surface area contributed by atoms with E-state index in [4.69, 9.17) is 0 Å². The van der Waals surface area contributed by atoms with Gasteiger partial charge in [-0.2, -0.15) is 0 Å². The molecule has 1 amide bonds. The van der Waals surface area contributed by atoms with E-state index in [1.165, 1.54) is 19.3 Å². The highest BCUT2D eigenvalue weighted by Gasteiger charge is 2.56. The lowest BCUT2D eigenvalue weighted by atomic mass is 9.49. The molecule has 1 N–H and O–H groups in total. The van der Waals surface area contributed by atoms with Gasteiger partial charge in [-0.05, 0) is 69.1 Å². The van der Waals surface area contributed by atoms with E-state index in [9.17, 15) is 14.7 Å². The van der Waals surface area contributed by atoms with Gasteiger partial charge in [0.1, 0.15) is 6.04 Å². The van der Waals surface area contributed by atoms with Crippen LogP contribution in [0.3, 0.4) is 0 Å². The summed E-state index contributed by atoms with van der Waals surface area (Å²) in [6.45, 7) is 0.650. The summed E-state index contributed by atoms with van der Waals surface area (Å²) in [6.07, 6.45) is 8.50. The summed E-state index contributed by atoms with van der Waals surface area (Å²) in [7, 11) is 0. The number of aliphatic carboxylic acids is 1. The lowest BCUT2D eigenvalue weighted by Crippen LogP contribution is -2.56. The highest BCUT2D eigenvalue weighted by Crippen LogP contribution is 2.60. The number of amides is 1. The molecule has 1 saturated heterocycles. The molecule has 0 unspecified atom stereocenters. The molecule has 4 nitrogen and oxygen atoms in total. The summed E-state index contributed by atoms with van der Waals surface area (Å²) in [5.74, 6) is 1.56. The first-order chi connectivity index (χ1) is 9.57. The Morgan fingerprint density at radius 2 is 1.55 bits per heavy atom. The fourth-order valence-corrected chi connectivity index (χ4v) is 5.94. The minimum atomic E-state index is -0.819. The molecule has 4 saturated carbocycles. The molecule has 110 valence electrons. The van der Waals surface area contributed by atoms with Gasteiger partial charge in [0, 0.05) is 6.54 Å². The number of nitrogens with zero attached hydrogens (tertiary/aromatic N) is 1. The van der Waals surface area contributed by atoms with Gasteiger partial charge in [0.25, 0.3) is 0 Å². The average molecular weight is 277 g/mol. The first kappa shape index (κ1) is 12.7. The third-order valence-electron chi connectivity index (χ3n) is 6.29. The molecule has 0 aromatic rings. The van der Waals surface area contributed by atoms with E-state index in [0.717, 1.165) is 43.4 Å². The largest absolute Gasteiger partial charge is 0.480 e. The zero-order valence-corrected chi connectivity index (χ0v) is 11.9. The van der Waals surface area contributed by atoms with Crippen molar-refractivity contribution in [1.82, 2.24) is 4.90 Å².